The number of rotatable bonds is 8. The van der Waals surface area contributed by atoms with Gasteiger partial charge in [-0.25, -0.2) is 9.97 Å². The molecule has 8 N–H and O–H groups in total. The van der Waals surface area contributed by atoms with Crippen LogP contribution in [-0.2, 0) is 33.1 Å². The fraction of sp³-hybridized carbons (Fsp3) is 0.304. The van der Waals surface area contributed by atoms with Crippen molar-refractivity contribution in [3.63, 3.8) is 0 Å². The topological polar surface area (TPSA) is 234 Å². The zero-order valence-electron chi connectivity index (χ0n) is 21.2. The van der Waals surface area contributed by atoms with Crippen LogP contribution in [-0.4, -0.2) is 60.1 Å². The van der Waals surface area contributed by atoms with Crippen LogP contribution in [0.15, 0.2) is 36.4 Å². The Labute approximate surface area is 234 Å². The number of amidine groups is 2. The molecule has 2 aromatic heterocycles. The molecule has 2 aromatic carbocycles. The standard InChI is InChI=1S/C21H22N6S2.2CH4O3S/c22-20(23)12-6-8-14-16(10-12)28-18(26-14)4-2-1-3-5-19-27-15-9-7-13(21(24)25)11-17(15)29-19;2*1-5(2,3)4/h6-11H,1-5H2,(H3,22,23)(H3,24,25);2*1H3,(H,2,3,4). The monoisotopic (exact) mass is 614 g/mol. The van der Waals surface area contributed by atoms with E-state index in [2.05, 4.69) is 9.97 Å². The minimum absolute atomic E-state index is 0.0919. The van der Waals surface area contributed by atoms with Crippen LogP contribution in [0, 0.1) is 10.8 Å². The quantitative estimate of drug-likeness (QED) is 0.0731. The van der Waals surface area contributed by atoms with E-state index >= 15 is 0 Å². The summed E-state index contributed by atoms with van der Waals surface area (Å²) in [5.74, 6) is 0.184. The predicted octanol–water partition coefficient (Wildman–Crippen LogP) is 3.44. The van der Waals surface area contributed by atoms with Crippen molar-refractivity contribution in [3.05, 3.63) is 57.5 Å². The molecule has 0 radical (unpaired) electrons. The van der Waals surface area contributed by atoms with E-state index in [4.69, 9.17) is 31.4 Å². The highest BCUT2D eigenvalue weighted by molar-refractivity contribution is 7.85. The van der Waals surface area contributed by atoms with E-state index < -0.39 is 20.2 Å². The maximum Gasteiger partial charge on any atom is 0.261 e. The first-order valence-electron chi connectivity index (χ1n) is 11.3. The average molecular weight is 615 g/mol. The SMILES string of the molecule is CS(=O)(=O)O.CS(=O)(=O)O.N=C(N)c1ccc2nc(CCCCCc3nc4ccc(C(=N)N)cc4s3)sc2c1. The molecule has 0 amide bonds. The third-order valence-electron chi connectivity index (χ3n) is 4.77. The summed E-state index contributed by atoms with van der Waals surface area (Å²) in [5.41, 5.74) is 14.6. The van der Waals surface area contributed by atoms with Crippen molar-refractivity contribution in [3.8, 4) is 0 Å². The molecule has 0 bridgehead atoms. The van der Waals surface area contributed by atoms with Crippen LogP contribution in [0.3, 0.4) is 0 Å². The first kappa shape index (κ1) is 32.2. The maximum atomic E-state index is 9.19. The fourth-order valence-corrected chi connectivity index (χ4v) is 5.32. The van der Waals surface area contributed by atoms with Gasteiger partial charge >= 0.3 is 0 Å². The van der Waals surface area contributed by atoms with Crippen LogP contribution in [0.5, 0.6) is 0 Å². The molecule has 0 aliphatic carbocycles. The Hall–Kier alpha value is -3.02. The summed E-state index contributed by atoms with van der Waals surface area (Å²) >= 11 is 3.38. The van der Waals surface area contributed by atoms with Gasteiger partial charge in [-0.1, -0.05) is 6.42 Å². The lowest BCUT2D eigenvalue weighted by Crippen LogP contribution is -2.10. The Morgan fingerprint density at radius 1 is 0.744 bits per heavy atom. The normalized spacial score (nSPS) is 11.4. The minimum Gasteiger partial charge on any atom is -0.384 e. The molecule has 212 valence electrons. The number of nitrogens with zero attached hydrogens (tertiary/aromatic N) is 2. The fourth-order valence-electron chi connectivity index (χ4n) is 3.22. The smallest absolute Gasteiger partial charge is 0.261 e. The van der Waals surface area contributed by atoms with Gasteiger partial charge in [0.15, 0.2) is 0 Å². The Morgan fingerprint density at radius 2 is 1.08 bits per heavy atom. The molecular weight excluding hydrogens is 585 g/mol. The van der Waals surface area contributed by atoms with E-state index in [9.17, 15) is 16.8 Å². The molecular formula is C23H30N6O6S4. The van der Waals surface area contributed by atoms with Crippen LogP contribution in [0.2, 0.25) is 0 Å². The van der Waals surface area contributed by atoms with Crippen molar-refractivity contribution in [2.45, 2.75) is 32.1 Å². The highest BCUT2D eigenvalue weighted by Crippen LogP contribution is 2.26. The van der Waals surface area contributed by atoms with E-state index in [0.717, 1.165) is 73.7 Å². The molecule has 0 unspecified atom stereocenters. The van der Waals surface area contributed by atoms with E-state index in [1.807, 2.05) is 36.4 Å². The van der Waals surface area contributed by atoms with Gasteiger partial charge in [0.2, 0.25) is 0 Å². The van der Waals surface area contributed by atoms with E-state index in [1.165, 1.54) is 0 Å². The minimum atomic E-state index is -3.67. The second-order valence-corrected chi connectivity index (χ2v) is 13.6. The molecule has 0 saturated heterocycles. The summed E-state index contributed by atoms with van der Waals surface area (Å²) in [4.78, 5) is 9.38. The average Bonchev–Trinajstić information content (AvgIpc) is 3.38. The molecule has 0 aliphatic heterocycles. The number of nitrogens with one attached hydrogen (secondary N) is 2. The van der Waals surface area contributed by atoms with Crippen LogP contribution >= 0.6 is 22.7 Å². The van der Waals surface area contributed by atoms with E-state index in [-0.39, 0.29) is 11.7 Å². The molecule has 39 heavy (non-hydrogen) atoms. The lowest BCUT2D eigenvalue weighted by molar-refractivity contribution is 0.488. The van der Waals surface area contributed by atoms with Gasteiger partial charge in [0.1, 0.15) is 11.7 Å². The number of fused-ring (bicyclic) bond motifs is 2. The molecule has 2 heterocycles. The van der Waals surface area contributed by atoms with E-state index in [1.54, 1.807) is 22.7 Å². The Kier molecular flexibility index (Phi) is 11.4. The molecule has 4 rings (SSSR count). The van der Waals surface area contributed by atoms with Crippen LogP contribution < -0.4 is 11.5 Å². The Bertz CT molecular complexity index is 1540. The molecule has 4 aromatic rings. The van der Waals surface area contributed by atoms with Gasteiger partial charge in [0, 0.05) is 11.1 Å². The van der Waals surface area contributed by atoms with Gasteiger partial charge in [-0.15, -0.1) is 22.7 Å². The molecule has 0 atom stereocenters. The van der Waals surface area contributed by atoms with Gasteiger partial charge in [-0.05, 0) is 62.1 Å². The van der Waals surface area contributed by atoms with Gasteiger partial charge < -0.3 is 11.5 Å². The van der Waals surface area contributed by atoms with Crippen molar-refractivity contribution in [1.82, 2.24) is 9.97 Å². The van der Waals surface area contributed by atoms with Crippen molar-refractivity contribution in [2.75, 3.05) is 12.5 Å². The van der Waals surface area contributed by atoms with Gasteiger partial charge in [-0.2, -0.15) is 16.8 Å². The molecule has 0 spiro atoms. The summed E-state index contributed by atoms with van der Waals surface area (Å²) in [5, 5.41) is 17.4. The number of hydrogen-bond donors (Lipinski definition) is 6. The number of unbranched alkanes of at least 4 members (excludes halogenated alkanes) is 2. The number of aryl methyl sites for hydroxylation is 2. The van der Waals surface area contributed by atoms with Crippen molar-refractivity contribution in [1.29, 1.82) is 10.8 Å². The number of thiazole rings is 2. The Morgan fingerprint density at radius 3 is 1.38 bits per heavy atom. The lowest BCUT2D eigenvalue weighted by atomic mass is 10.1. The van der Waals surface area contributed by atoms with Gasteiger partial charge in [0.25, 0.3) is 20.2 Å². The predicted molar refractivity (Wildman–Crippen MR) is 157 cm³/mol. The molecule has 0 aliphatic rings. The summed E-state index contributed by atoms with van der Waals surface area (Å²) in [7, 11) is -7.33. The number of hydrogen-bond acceptors (Lipinski definition) is 10. The summed E-state index contributed by atoms with van der Waals surface area (Å²) < 4.78 is 53.9. The van der Waals surface area contributed by atoms with Crippen molar-refractivity contribution in [2.24, 2.45) is 11.5 Å². The van der Waals surface area contributed by atoms with Crippen LogP contribution in [0.25, 0.3) is 20.4 Å². The first-order chi connectivity index (χ1) is 18.0. The molecule has 16 heteroatoms. The van der Waals surface area contributed by atoms with Crippen LogP contribution in [0.1, 0.15) is 40.4 Å². The number of nitrogen functional groups attached to an aromatic ring is 2. The Balaban J connectivity index is 0.000000458. The molecule has 12 nitrogen and oxygen atoms in total. The van der Waals surface area contributed by atoms with Crippen molar-refractivity contribution >= 4 is 75.0 Å². The summed E-state index contributed by atoms with van der Waals surface area (Å²) in [6.45, 7) is 0. The highest BCUT2D eigenvalue weighted by Gasteiger charge is 2.08. The third-order valence-corrected chi connectivity index (χ3v) is 6.92. The molecule has 0 fully saturated rings. The summed E-state index contributed by atoms with van der Waals surface area (Å²) in [6, 6.07) is 11.5. The number of benzene rings is 2. The highest BCUT2D eigenvalue weighted by atomic mass is 32.2. The lowest BCUT2D eigenvalue weighted by Gasteiger charge is -1.97. The second-order valence-electron chi connectivity index (χ2n) is 8.43. The molecule has 0 saturated carbocycles. The zero-order chi connectivity index (χ0) is 29.4. The van der Waals surface area contributed by atoms with E-state index in [0.29, 0.717) is 12.5 Å². The van der Waals surface area contributed by atoms with Crippen LogP contribution in [0.4, 0.5) is 0 Å². The van der Waals surface area contributed by atoms with Gasteiger partial charge in [-0.3, -0.25) is 19.9 Å². The number of nitrogens with two attached hydrogens (primary N) is 2. The zero-order valence-corrected chi connectivity index (χ0v) is 24.5. The van der Waals surface area contributed by atoms with Gasteiger partial charge in [0.05, 0.1) is 43.0 Å². The summed E-state index contributed by atoms with van der Waals surface area (Å²) in [6.07, 6.45) is 6.69. The van der Waals surface area contributed by atoms with Crippen molar-refractivity contribution < 1.29 is 25.9 Å². The number of aromatic nitrogens is 2. The largest absolute Gasteiger partial charge is 0.384 e. The first-order valence-corrected chi connectivity index (χ1v) is 16.6. The second kappa shape index (κ2) is 13.9. The third kappa shape index (κ3) is 12.6. The maximum absolute atomic E-state index is 9.19.